The number of nitrogen functional groups attached to an aromatic ring is 1. The van der Waals surface area contributed by atoms with E-state index in [1.54, 1.807) is 25.9 Å². The molecule has 1 fully saturated rings. The molecule has 3 aliphatic heterocycles. The Hall–Kier alpha value is -8.00. The minimum atomic E-state index is -0.909. The van der Waals surface area contributed by atoms with Crippen molar-refractivity contribution in [2.45, 2.75) is 122 Å². The summed E-state index contributed by atoms with van der Waals surface area (Å²) in [7, 11) is 3.31. The number of rotatable bonds is 19. The number of amides is 5. The van der Waals surface area contributed by atoms with Gasteiger partial charge in [-0.25, -0.2) is 14.4 Å². The minimum Gasteiger partial charge on any atom is -0.491 e. The van der Waals surface area contributed by atoms with Crippen LogP contribution in [0.15, 0.2) is 66.9 Å². The number of benzene rings is 3. The first-order valence-corrected chi connectivity index (χ1v) is 28.2. The zero-order chi connectivity index (χ0) is 58.2. The van der Waals surface area contributed by atoms with Gasteiger partial charge in [0, 0.05) is 45.1 Å². The van der Waals surface area contributed by atoms with Crippen LogP contribution in [0.5, 0.6) is 5.75 Å². The summed E-state index contributed by atoms with van der Waals surface area (Å²) in [6.45, 7) is 9.50. The van der Waals surface area contributed by atoms with Gasteiger partial charge in [-0.2, -0.15) is 10.4 Å². The number of ether oxygens (including phenoxy) is 3. The number of likely N-dealkylation sites (N-methyl/N-ethyl adjacent to an activating group) is 1. The summed E-state index contributed by atoms with van der Waals surface area (Å²) in [4.78, 5) is 83.7. The molecule has 2 bridgehead atoms. The van der Waals surface area contributed by atoms with Crippen molar-refractivity contribution < 1.29 is 42.6 Å². The number of aryl methyl sites for hydroxylation is 1. The van der Waals surface area contributed by atoms with E-state index >= 15 is 0 Å². The molecule has 22 heteroatoms. The highest BCUT2D eigenvalue weighted by molar-refractivity contribution is 5.96. The lowest BCUT2D eigenvalue weighted by Gasteiger charge is -2.41. The maximum Gasteiger partial charge on any atom is 0.254 e. The summed E-state index contributed by atoms with van der Waals surface area (Å²) in [5.74, 6) is -0.847. The Morgan fingerprint density at radius 2 is 1.72 bits per heavy atom. The first kappa shape index (κ1) is 58.6. The normalized spacial score (nSPS) is 18.2. The average Bonchev–Trinajstić information content (AvgIpc) is 4.27. The predicted octanol–water partition coefficient (Wildman–Crippen LogP) is 5.06. The fourth-order valence-electron chi connectivity index (χ4n) is 11.3. The second-order valence-corrected chi connectivity index (χ2v) is 22.5. The van der Waals surface area contributed by atoms with Crippen molar-refractivity contribution in [2.24, 2.45) is 5.41 Å². The second-order valence-electron chi connectivity index (χ2n) is 22.5. The molecular weight excluding hydrogens is 1050 g/mol. The summed E-state index contributed by atoms with van der Waals surface area (Å²) < 4.78 is 33.8. The van der Waals surface area contributed by atoms with Gasteiger partial charge < -0.3 is 55.9 Å². The van der Waals surface area contributed by atoms with E-state index in [0.717, 1.165) is 42.4 Å². The molecule has 6 N–H and O–H groups in total. The summed E-state index contributed by atoms with van der Waals surface area (Å²) >= 11 is 0. The number of nitrogens with two attached hydrogens (primary N) is 1. The Balaban J connectivity index is 0.751. The molecular formula is C60H74FN13O8. The van der Waals surface area contributed by atoms with Gasteiger partial charge in [-0.15, -0.1) is 0 Å². The van der Waals surface area contributed by atoms with Crippen LogP contribution in [0, 0.1) is 22.6 Å². The Labute approximate surface area is 477 Å². The SMILES string of the molecule is CN[C@@H](C)C(=O)N[C@H](C(=O)N1Cc2cc(OCCOCCOCCC(=O)NCCn3nc4c(c3C#N)-c3cnc(N)c(n3)N3CCC[C@@H]3c3cc(F)ccc3C(=O)N(C)C4)ccc2C[C@H]1C(=O)N[C@@H]1CCCc2ccccc21)C(C)(C)C. The molecule has 5 heterocycles. The molecule has 1 saturated heterocycles. The van der Waals surface area contributed by atoms with Crippen LogP contribution in [-0.4, -0.2) is 137 Å². The summed E-state index contributed by atoms with van der Waals surface area (Å²) in [5, 5.41) is 27.3. The number of carbonyl (C=O) groups excluding carboxylic acids is 5. The van der Waals surface area contributed by atoms with Crippen LogP contribution >= 0.6 is 0 Å². The van der Waals surface area contributed by atoms with E-state index in [-0.39, 0.29) is 125 Å². The summed E-state index contributed by atoms with van der Waals surface area (Å²) in [5.41, 5.74) is 12.0. The average molecular weight is 1120 g/mol. The van der Waals surface area contributed by atoms with Crippen LogP contribution in [-0.2, 0) is 61.1 Å². The number of hydrogen-bond donors (Lipinski definition) is 5. The highest BCUT2D eigenvalue weighted by atomic mass is 19.1. The van der Waals surface area contributed by atoms with E-state index in [1.165, 1.54) is 39.5 Å². The lowest BCUT2D eigenvalue weighted by atomic mass is 9.83. The molecule has 434 valence electrons. The van der Waals surface area contributed by atoms with Gasteiger partial charge in [0.2, 0.25) is 23.6 Å². The van der Waals surface area contributed by atoms with Crippen molar-refractivity contribution in [2.75, 3.05) is 70.9 Å². The zero-order valence-corrected chi connectivity index (χ0v) is 47.6. The fourth-order valence-corrected chi connectivity index (χ4v) is 11.3. The third kappa shape index (κ3) is 13.2. The van der Waals surface area contributed by atoms with Crippen molar-refractivity contribution in [1.82, 2.24) is 50.8 Å². The van der Waals surface area contributed by atoms with Crippen LogP contribution in [0.3, 0.4) is 0 Å². The largest absolute Gasteiger partial charge is 0.491 e. The van der Waals surface area contributed by atoms with Gasteiger partial charge in [0.15, 0.2) is 11.6 Å². The molecule has 5 aromatic rings. The molecule has 1 aliphatic carbocycles. The van der Waals surface area contributed by atoms with Gasteiger partial charge in [0.1, 0.15) is 42.0 Å². The minimum absolute atomic E-state index is 0.00214. The van der Waals surface area contributed by atoms with Gasteiger partial charge in [0.25, 0.3) is 5.91 Å². The first-order chi connectivity index (χ1) is 39.4. The molecule has 2 aromatic heterocycles. The fraction of sp³-hybridized carbons (Fsp3) is 0.483. The summed E-state index contributed by atoms with van der Waals surface area (Å²) in [6.07, 6.45) is 5.93. The van der Waals surface area contributed by atoms with Crippen LogP contribution < -0.4 is 36.6 Å². The molecule has 3 aromatic carbocycles. The van der Waals surface area contributed by atoms with Gasteiger partial charge in [-0.1, -0.05) is 51.1 Å². The number of nitrogens with one attached hydrogen (secondary N) is 4. The van der Waals surface area contributed by atoms with E-state index < -0.39 is 29.4 Å². The predicted molar refractivity (Wildman–Crippen MR) is 303 cm³/mol. The number of hydrogen-bond acceptors (Lipinski definition) is 15. The van der Waals surface area contributed by atoms with Crippen LogP contribution in [0.2, 0.25) is 0 Å². The van der Waals surface area contributed by atoms with E-state index in [2.05, 4.69) is 44.5 Å². The Morgan fingerprint density at radius 3 is 2.50 bits per heavy atom. The van der Waals surface area contributed by atoms with Crippen LogP contribution in [0.4, 0.5) is 16.0 Å². The van der Waals surface area contributed by atoms with Crippen LogP contribution in [0.1, 0.15) is 121 Å². The maximum atomic E-state index is 14.7. The van der Waals surface area contributed by atoms with Crippen molar-refractivity contribution in [3.8, 4) is 23.1 Å². The smallest absolute Gasteiger partial charge is 0.254 e. The maximum absolute atomic E-state index is 14.7. The monoisotopic (exact) mass is 1120 g/mol. The molecule has 5 atom stereocenters. The molecule has 0 spiro atoms. The quantitative estimate of drug-likeness (QED) is 0.0677. The Bertz CT molecular complexity index is 3230. The molecule has 0 radical (unpaired) electrons. The highest BCUT2D eigenvalue weighted by Gasteiger charge is 2.43. The first-order valence-electron chi connectivity index (χ1n) is 28.2. The van der Waals surface area contributed by atoms with E-state index in [0.29, 0.717) is 52.6 Å². The lowest BCUT2D eigenvalue weighted by Crippen LogP contribution is -2.62. The molecule has 0 unspecified atom stereocenters. The number of halogens is 1. The number of nitriles is 1. The van der Waals surface area contributed by atoms with Crippen molar-refractivity contribution in [1.29, 1.82) is 5.26 Å². The van der Waals surface area contributed by atoms with Crippen molar-refractivity contribution in [3.63, 3.8) is 0 Å². The lowest BCUT2D eigenvalue weighted by molar-refractivity contribution is -0.147. The third-order valence-corrected chi connectivity index (χ3v) is 15.8. The number of fused-ring (bicyclic) bond motifs is 10. The van der Waals surface area contributed by atoms with Gasteiger partial charge in [-0.3, -0.25) is 28.7 Å². The zero-order valence-electron chi connectivity index (χ0n) is 47.6. The van der Waals surface area contributed by atoms with Crippen molar-refractivity contribution >= 4 is 41.2 Å². The van der Waals surface area contributed by atoms with Gasteiger partial charge in [-0.05, 0) is 110 Å². The third-order valence-electron chi connectivity index (χ3n) is 15.8. The molecule has 4 aliphatic rings. The molecule has 9 rings (SSSR count). The molecule has 5 amide bonds. The Kier molecular flexibility index (Phi) is 18.5. The highest BCUT2D eigenvalue weighted by Crippen LogP contribution is 2.41. The molecule has 82 heavy (non-hydrogen) atoms. The number of aromatic nitrogens is 4. The molecule has 0 saturated carbocycles. The molecule has 21 nitrogen and oxygen atoms in total. The van der Waals surface area contributed by atoms with E-state index in [9.17, 15) is 33.6 Å². The van der Waals surface area contributed by atoms with Gasteiger partial charge in [0.05, 0.1) is 80.8 Å². The van der Waals surface area contributed by atoms with Crippen molar-refractivity contribution in [3.05, 3.63) is 117 Å². The Morgan fingerprint density at radius 1 is 0.939 bits per heavy atom. The van der Waals surface area contributed by atoms with E-state index in [1.807, 2.05) is 56.0 Å². The summed E-state index contributed by atoms with van der Waals surface area (Å²) in [6, 6.07) is 17.4. The number of anilines is 2. The number of carbonyl (C=O) groups is 5. The second kappa shape index (κ2) is 25.8. The topological polar surface area (TPSA) is 264 Å². The van der Waals surface area contributed by atoms with Gasteiger partial charge >= 0.3 is 0 Å². The van der Waals surface area contributed by atoms with E-state index in [4.69, 9.17) is 30.0 Å². The van der Waals surface area contributed by atoms with Crippen LogP contribution in [0.25, 0.3) is 11.3 Å². The number of nitrogens with zero attached hydrogens (tertiary/aromatic N) is 8. The standard InChI is InChI=1S/C60H74FN13O8/c1-36(64-5)56(76)69-53(60(2,3)4)59(79)73-34-39-29-41(18-16-38(39)30-49(73)57(77)68-45-14-9-12-37-11-7-8-13-42(37)45)82-28-27-81-26-25-80-24-20-51(75)65-21-23-74-50(32-62)52-46-33-66-54(63)55(67-46)72-22-10-15-48(72)44-31-40(61)17-19-43(44)58(78)71(6)35-47(52)70-74/h7-8,11,13,16-19,29,31,33,36,45,48-49,53,64H,9-10,12,14-15,20-28,30,34-35H2,1-6H3,(H2,63,66)(H,65,75)(H,68,77)(H,69,76)/t36-,45+,48+,49-,53+/m0/s1.